The van der Waals surface area contributed by atoms with E-state index in [-0.39, 0.29) is 17.4 Å². The normalized spacial score (nSPS) is 12.2. The number of hydrogen-bond donors (Lipinski definition) is 2. The van der Waals surface area contributed by atoms with E-state index in [1.807, 2.05) is 4.90 Å². The number of benzene rings is 1. The molecule has 0 aromatic heterocycles. The van der Waals surface area contributed by atoms with Crippen LogP contribution < -0.4 is 10.6 Å². The number of hydrogen-bond acceptors (Lipinski definition) is 3. The standard InChI is InChI=1S/C14H22FN3O/c1-4-10(2)18(8-9-19-3)12-7-5-6-11(15)13(12)14(16)17/h5-7,10H,4,8-9H2,1-3H3,(H3,16,17). The molecule has 0 radical (unpaired) electrons. The molecule has 0 fully saturated rings. The van der Waals surface area contributed by atoms with Gasteiger partial charge in [-0.05, 0) is 25.5 Å². The van der Waals surface area contributed by atoms with E-state index in [2.05, 4.69) is 13.8 Å². The first-order chi connectivity index (χ1) is 9.02. The number of rotatable bonds is 7. The van der Waals surface area contributed by atoms with Gasteiger partial charge in [0.25, 0.3) is 0 Å². The highest BCUT2D eigenvalue weighted by molar-refractivity contribution is 6.00. The zero-order valence-electron chi connectivity index (χ0n) is 11.7. The molecule has 0 saturated heterocycles. The molecule has 0 bridgehead atoms. The predicted molar refractivity (Wildman–Crippen MR) is 76.4 cm³/mol. The van der Waals surface area contributed by atoms with E-state index in [0.717, 1.165) is 6.42 Å². The van der Waals surface area contributed by atoms with Crippen molar-refractivity contribution in [2.45, 2.75) is 26.3 Å². The van der Waals surface area contributed by atoms with Crippen LogP contribution in [-0.4, -0.2) is 32.1 Å². The van der Waals surface area contributed by atoms with Crippen LogP contribution in [0.5, 0.6) is 0 Å². The highest BCUT2D eigenvalue weighted by atomic mass is 19.1. The number of ether oxygens (including phenoxy) is 1. The van der Waals surface area contributed by atoms with Crippen molar-refractivity contribution in [3.8, 4) is 0 Å². The molecule has 0 spiro atoms. The summed E-state index contributed by atoms with van der Waals surface area (Å²) >= 11 is 0. The van der Waals surface area contributed by atoms with E-state index in [0.29, 0.717) is 18.8 Å². The molecule has 19 heavy (non-hydrogen) atoms. The molecule has 1 rings (SSSR count). The second kappa shape index (κ2) is 7.09. The van der Waals surface area contributed by atoms with Crippen LogP contribution in [0.15, 0.2) is 18.2 Å². The summed E-state index contributed by atoms with van der Waals surface area (Å²) in [5.41, 5.74) is 6.33. The van der Waals surface area contributed by atoms with Gasteiger partial charge in [0.15, 0.2) is 0 Å². The minimum absolute atomic E-state index is 0.166. The van der Waals surface area contributed by atoms with E-state index in [4.69, 9.17) is 15.9 Å². The second-order valence-electron chi connectivity index (χ2n) is 4.49. The Morgan fingerprint density at radius 3 is 2.74 bits per heavy atom. The third kappa shape index (κ3) is 3.67. The van der Waals surface area contributed by atoms with Crippen LogP contribution in [0.4, 0.5) is 10.1 Å². The number of nitrogens with zero attached hydrogens (tertiary/aromatic N) is 1. The van der Waals surface area contributed by atoms with E-state index in [1.165, 1.54) is 6.07 Å². The van der Waals surface area contributed by atoms with Gasteiger partial charge in [-0.15, -0.1) is 0 Å². The number of amidine groups is 1. The van der Waals surface area contributed by atoms with Crippen LogP contribution in [0.3, 0.4) is 0 Å². The lowest BCUT2D eigenvalue weighted by Crippen LogP contribution is -2.37. The Bertz CT molecular complexity index is 437. The quantitative estimate of drug-likeness (QED) is 0.589. The fourth-order valence-electron chi connectivity index (χ4n) is 2.01. The summed E-state index contributed by atoms with van der Waals surface area (Å²) < 4.78 is 19.0. The molecule has 1 aromatic rings. The van der Waals surface area contributed by atoms with Gasteiger partial charge in [-0.2, -0.15) is 0 Å². The molecule has 106 valence electrons. The van der Waals surface area contributed by atoms with Crippen molar-refractivity contribution in [3.05, 3.63) is 29.6 Å². The zero-order valence-corrected chi connectivity index (χ0v) is 11.7. The lowest BCUT2D eigenvalue weighted by molar-refractivity contribution is 0.203. The van der Waals surface area contributed by atoms with Gasteiger partial charge in [-0.1, -0.05) is 13.0 Å². The van der Waals surface area contributed by atoms with Crippen LogP contribution in [0.2, 0.25) is 0 Å². The first kappa shape index (κ1) is 15.4. The largest absolute Gasteiger partial charge is 0.384 e. The third-order valence-electron chi connectivity index (χ3n) is 3.23. The summed E-state index contributed by atoms with van der Waals surface area (Å²) in [6, 6.07) is 4.97. The fraction of sp³-hybridized carbons (Fsp3) is 0.500. The molecule has 0 amide bonds. The minimum Gasteiger partial charge on any atom is -0.384 e. The molecule has 0 saturated carbocycles. The lowest BCUT2D eigenvalue weighted by Gasteiger charge is -2.32. The Hall–Kier alpha value is -1.62. The summed E-state index contributed by atoms with van der Waals surface area (Å²) in [7, 11) is 1.63. The molecule has 1 atom stereocenters. The van der Waals surface area contributed by atoms with Crippen LogP contribution in [0.25, 0.3) is 0 Å². The smallest absolute Gasteiger partial charge is 0.136 e. The average molecular weight is 267 g/mol. The number of nitrogen functional groups attached to an aromatic ring is 1. The molecule has 4 nitrogen and oxygen atoms in total. The van der Waals surface area contributed by atoms with Crippen molar-refractivity contribution < 1.29 is 9.13 Å². The van der Waals surface area contributed by atoms with Crippen molar-refractivity contribution in [1.29, 1.82) is 5.41 Å². The molecular weight excluding hydrogens is 245 g/mol. The van der Waals surface area contributed by atoms with E-state index < -0.39 is 5.82 Å². The van der Waals surface area contributed by atoms with Crippen LogP contribution >= 0.6 is 0 Å². The van der Waals surface area contributed by atoms with Gasteiger partial charge in [0.2, 0.25) is 0 Å². The molecule has 1 unspecified atom stereocenters. The van der Waals surface area contributed by atoms with E-state index >= 15 is 0 Å². The number of nitrogens with two attached hydrogens (primary N) is 1. The first-order valence-electron chi connectivity index (χ1n) is 6.41. The fourth-order valence-corrected chi connectivity index (χ4v) is 2.01. The number of nitrogens with one attached hydrogen (secondary N) is 1. The van der Waals surface area contributed by atoms with Crippen LogP contribution in [0, 0.1) is 11.2 Å². The maximum Gasteiger partial charge on any atom is 0.136 e. The van der Waals surface area contributed by atoms with Crippen LogP contribution in [-0.2, 0) is 4.74 Å². The molecule has 3 N–H and O–H groups in total. The Kier molecular flexibility index (Phi) is 5.76. The van der Waals surface area contributed by atoms with Crippen molar-refractivity contribution in [2.75, 3.05) is 25.2 Å². The number of anilines is 1. The molecule has 5 heteroatoms. The van der Waals surface area contributed by atoms with E-state index in [9.17, 15) is 4.39 Å². The van der Waals surface area contributed by atoms with Crippen molar-refractivity contribution in [3.63, 3.8) is 0 Å². The molecule has 0 aliphatic heterocycles. The second-order valence-corrected chi connectivity index (χ2v) is 4.49. The SMILES string of the molecule is CCC(C)N(CCOC)c1cccc(F)c1C(=N)N. The number of halogens is 1. The summed E-state index contributed by atoms with van der Waals surface area (Å²) in [5, 5.41) is 7.57. The molecule has 1 aromatic carbocycles. The summed E-state index contributed by atoms with van der Waals surface area (Å²) in [4.78, 5) is 2.03. The maximum absolute atomic E-state index is 13.9. The highest BCUT2D eigenvalue weighted by Crippen LogP contribution is 2.25. The molecule has 0 aliphatic rings. The Morgan fingerprint density at radius 1 is 1.53 bits per heavy atom. The molecule has 0 aliphatic carbocycles. The van der Waals surface area contributed by atoms with Gasteiger partial charge >= 0.3 is 0 Å². The van der Waals surface area contributed by atoms with Gasteiger partial charge in [-0.3, -0.25) is 5.41 Å². The number of methoxy groups -OCH3 is 1. The zero-order chi connectivity index (χ0) is 14.4. The van der Waals surface area contributed by atoms with Crippen molar-refractivity contribution in [2.24, 2.45) is 5.73 Å². The Labute approximate surface area is 113 Å². The van der Waals surface area contributed by atoms with Gasteiger partial charge in [0.05, 0.1) is 17.9 Å². The molecule has 0 heterocycles. The Morgan fingerprint density at radius 2 is 2.21 bits per heavy atom. The summed E-state index contributed by atoms with van der Waals surface area (Å²) in [6.45, 7) is 5.30. The molecular formula is C14H22FN3O. The van der Waals surface area contributed by atoms with E-state index in [1.54, 1.807) is 19.2 Å². The van der Waals surface area contributed by atoms with Gasteiger partial charge in [-0.25, -0.2) is 4.39 Å². The van der Waals surface area contributed by atoms with Gasteiger partial charge < -0.3 is 15.4 Å². The van der Waals surface area contributed by atoms with Gasteiger partial charge in [0, 0.05) is 19.7 Å². The Balaban J connectivity index is 3.21. The first-order valence-corrected chi connectivity index (χ1v) is 6.41. The summed E-state index contributed by atoms with van der Waals surface area (Å²) in [6.07, 6.45) is 0.914. The average Bonchev–Trinajstić information content (AvgIpc) is 2.38. The van der Waals surface area contributed by atoms with Crippen LogP contribution in [0.1, 0.15) is 25.8 Å². The van der Waals surface area contributed by atoms with Gasteiger partial charge in [0.1, 0.15) is 11.7 Å². The lowest BCUT2D eigenvalue weighted by atomic mass is 10.1. The van der Waals surface area contributed by atoms with Crippen molar-refractivity contribution >= 4 is 11.5 Å². The monoisotopic (exact) mass is 267 g/mol. The topological polar surface area (TPSA) is 62.3 Å². The minimum atomic E-state index is -0.462. The van der Waals surface area contributed by atoms with Crippen molar-refractivity contribution in [1.82, 2.24) is 0 Å². The maximum atomic E-state index is 13.9. The highest BCUT2D eigenvalue weighted by Gasteiger charge is 2.20. The summed E-state index contributed by atoms with van der Waals surface area (Å²) in [5.74, 6) is -0.713. The predicted octanol–water partition coefficient (Wildman–Crippen LogP) is 2.36. The third-order valence-corrected chi connectivity index (χ3v) is 3.23.